The van der Waals surface area contributed by atoms with Gasteiger partial charge < -0.3 is 30.2 Å². The van der Waals surface area contributed by atoms with Crippen LogP contribution in [0.5, 0.6) is 11.8 Å². The van der Waals surface area contributed by atoms with Crippen molar-refractivity contribution in [1.82, 2.24) is 20.2 Å². The van der Waals surface area contributed by atoms with Gasteiger partial charge >= 0.3 is 6.01 Å². The van der Waals surface area contributed by atoms with Gasteiger partial charge in [0.2, 0.25) is 0 Å². The summed E-state index contributed by atoms with van der Waals surface area (Å²) in [6.07, 6.45) is 4.69. The number of halogens is 3. The number of nitriles is 1. The van der Waals surface area contributed by atoms with E-state index in [1.54, 1.807) is 0 Å². The second-order valence-electron chi connectivity index (χ2n) is 13.4. The Bertz CT molecular complexity index is 1970. The molecule has 3 N–H and O–H groups in total. The Labute approximate surface area is 285 Å². The molecule has 3 fully saturated rings. The van der Waals surface area contributed by atoms with Gasteiger partial charge in [0.15, 0.2) is 11.6 Å². The topological polar surface area (TPSA) is 122 Å². The minimum absolute atomic E-state index is 0.00263. The number of nitrogens with one attached hydrogen (secondary N) is 1. The van der Waals surface area contributed by atoms with Crippen LogP contribution in [0.15, 0.2) is 12.1 Å². The van der Waals surface area contributed by atoms with E-state index in [1.807, 2.05) is 7.05 Å². The SMILES string of the molecule is CNCCN1c2nc(OCC3(CN4CCOCC4)CC3)nc3c(F)c(-c4ccc(F)c5sc(N)c(C#N)c45)c(Cl)c(c23)OCCC12CC2. The number of anilines is 2. The summed E-state index contributed by atoms with van der Waals surface area (Å²) in [6, 6.07) is 4.81. The first-order valence-electron chi connectivity index (χ1n) is 16.4. The van der Waals surface area contributed by atoms with E-state index >= 15 is 8.78 Å². The first kappa shape index (κ1) is 31.7. The quantitative estimate of drug-likeness (QED) is 0.225. The summed E-state index contributed by atoms with van der Waals surface area (Å²) in [5.74, 6) is -0.522. The summed E-state index contributed by atoms with van der Waals surface area (Å²) in [5, 5.41) is 13.9. The van der Waals surface area contributed by atoms with Gasteiger partial charge in [0.25, 0.3) is 0 Å². The molecule has 0 radical (unpaired) electrons. The number of nitrogens with zero attached hydrogens (tertiary/aromatic N) is 5. The minimum Gasteiger partial charge on any atom is -0.491 e. The van der Waals surface area contributed by atoms with Crippen LogP contribution in [-0.4, -0.2) is 86.6 Å². The van der Waals surface area contributed by atoms with Crippen LogP contribution < -0.4 is 25.4 Å². The highest BCUT2D eigenvalue weighted by molar-refractivity contribution is 7.23. The molecule has 2 saturated carbocycles. The number of hydrogen-bond donors (Lipinski definition) is 2. The summed E-state index contributed by atoms with van der Waals surface area (Å²) in [4.78, 5) is 14.3. The Morgan fingerprint density at radius 3 is 2.62 bits per heavy atom. The first-order chi connectivity index (χ1) is 23.3. The summed E-state index contributed by atoms with van der Waals surface area (Å²) in [5.41, 5.74) is 6.19. The fourth-order valence-corrected chi connectivity index (χ4v) is 8.57. The average Bonchev–Trinajstić information content (AvgIpc) is 4.00. The van der Waals surface area contributed by atoms with Crippen molar-refractivity contribution in [2.45, 2.75) is 37.6 Å². The molecule has 48 heavy (non-hydrogen) atoms. The third-order valence-electron chi connectivity index (χ3n) is 10.3. The molecule has 4 aliphatic rings. The summed E-state index contributed by atoms with van der Waals surface area (Å²) >= 11 is 8.04. The van der Waals surface area contributed by atoms with Crippen LogP contribution in [0.3, 0.4) is 0 Å². The molecule has 8 rings (SSSR count). The zero-order chi connectivity index (χ0) is 33.2. The molecule has 1 saturated heterocycles. The minimum atomic E-state index is -0.731. The van der Waals surface area contributed by atoms with Crippen molar-refractivity contribution in [3.05, 3.63) is 34.4 Å². The van der Waals surface area contributed by atoms with E-state index in [0.717, 1.165) is 76.3 Å². The first-order valence-corrected chi connectivity index (χ1v) is 17.6. The lowest BCUT2D eigenvalue weighted by molar-refractivity contribution is 0.0231. The Morgan fingerprint density at radius 1 is 1.12 bits per heavy atom. The van der Waals surface area contributed by atoms with Gasteiger partial charge in [0.05, 0.1) is 47.1 Å². The van der Waals surface area contributed by atoms with Crippen molar-refractivity contribution < 1.29 is 23.0 Å². The maximum Gasteiger partial charge on any atom is 0.319 e. The lowest BCUT2D eigenvalue weighted by Gasteiger charge is -2.36. The van der Waals surface area contributed by atoms with Crippen LogP contribution >= 0.6 is 22.9 Å². The molecule has 1 spiro atoms. The zero-order valence-electron chi connectivity index (χ0n) is 26.6. The third-order valence-corrected chi connectivity index (χ3v) is 11.7. The number of aromatic nitrogens is 2. The number of rotatable bonds is 9. The van der Waals surface area contributed by atoms with Crippen LogP contribution in [0.2, 0.25) is 5.02 Å². The molecule has 0 atom stereocenters. The van der Waals surface area contributed by atoms with E-state index in [2.05, 4.69) is 21.2 Å². The maximum atomic E-state index is 17.3. The number of hydrogen-bond acceptors (Lipinski definition) is 11. The lowest BCUT2D eigenvalue weighted by atomic mass is 9.96. The van der Waals surface area contributed by atoms with E-state index in [-0.39, 0.29) is 65.0 Å². The molecule has 2 aromatic heterocycles. The molecule has 0 amide bonds. The second-order valence-corrected chi connectivity index (χ2v) is 14.8. The number of nitrogen functional groups attached to an aromatic ring is 1. The molecule has 0 unspecified atom stereocenters. The number of fused-ring (bicyclic) bond motifs is 1. The van der Waals surface area contributed by atoms with Gasteiger partial charge in [-0.2, -0.15) is 15.2 Å². The fraction of sp³-hybridized carbons (Fsp3) is 0.500. The van der Waals surface area contributed by atoms with Crippen LogP contribution in [0, 0.1) is 28.4 Å². The van der Waals surface area contributed by atoms with Gasteiger partial charge in [-0.05, 0) is 44.4 Å². The predicted molar refractivity (Wildman–Crippen MR) is 182 cm³/mol. The standard InChI is InChI=1S/C34H36ClF2N7O3S/c1-40-9-10-44-31-24-27(41-32(42-31)47-18-33(4-5-33)17-43-11-14-45-15-12-43)26(37)23(25(35)28(24)46-13-8-34(44)6-7-34)19-2-3-21(36)29-22(19)20(16-38)30(39)48-29/h2-3,40H,4-15,17-18,39H2,1H3. The van der Waals surface area contributed by atoms with Crippen molar-refractivity contribution in [2.24, 2.45) is 5.41 Å². The Kier molecular flexibility index (Phi) is 8.00. The Balaban J connectivity index is 1.31. The van der Waals surface area contributed by atoms with Crippen molar-refractivity contribution in [2.75, 3.05) is 76.8 Å². The summed E-state index contributed by atoms with van der Waals surface area (Å²) < 4.78 is 50.7. The summed E-state index contributed by atoms with van der Waals surface area (Å²) in [6.45, 7) is 6.18. The van der Waals surface area contributed by atoms with Crippen molar-refractivity contribution in [3.8, 4) is 29.0 Å². The molecule has 2 aliphatic carbocycles. The average molecular weight is 696 g/mol. The molecule has 4 heterocycles. The van der Waals surface area contributed by atoms with Gasteiger partial charge in [-0.3, -0.25) is 4.90 Å². The Morgan fingerprint density at radius 2 is 1.92 bits per heavy atom. The molecule has 4 aromatic rings. The van der Waals surface area contributed by atoms with Crippen LogP contribution in [0.1, 0.15) is 37.7 Å². The highest BCUT2D eigenvalue weighted by Gasteiger charge is 2.50. The van der Waals surface area contributed by atoms with E-state index < -0.39 is 11.6 Å². The highest BCUT2D eigenvalue weighted by atomic mass is 35.5. The Hall–Kier alpha value is -3.54. The molecule has 252 valence electrons. The van der Waals surface area contributed by atoms with Gasteiger partial charge in [-0.1, -0.05) is 17.7 Å². The largest absolute Gasteiger partial charge is 0.491 e. The number of likely N-dealkylation sites (N-methyl/N-ethyl adjacent to an activating group) is 1. The molecule has 0 bridgehead atoms. The van der Waals surface area contributed by atoms with Crippen LogP contribution in [-0.2, 0) is 4.74 Å². The molecule has 2 aliphatic heterocycles. The van der Waals surface area contributed by atoms with E-state index in [4.69, 9.17) is 41.5 Å². The highest BCUT2D eigenvalue weighted by Crippen LogP contribution is 2.55. The van der Waals surface area contributed by atoms with Gasteiger partial charge in [-0.15, -0.1) is 11.3 Å². The van der Waals surface area contributed by atoms with E-state index in [9.17, 15) is 5.26 Å². The molecular weight excluding hydrogens is 660 g/mol. The molecule has 2 aromatic carbocycles. The van der Waals surface area contributed by atoms with Crippen LogP contribution in [0.25, 0.3) is 32.1 Å². The summed E-state index contributed by atoms with van der Waals surface area (Å²) in [7, 11) is 1.90. The second kappa shape index (κ2) is 12.1. The molecule has 10 nitrogen and oxygen atoms in total. The fourth-order valence-electron chi connectivity index (χ4n) is 7.29. The smallest absolute Gasteiger partial charge is 0.319 e. The van der Waals surface area contributed by atoms with E-state index in [1.165, 1.54) is 12.1 Å². The number of thiophene rings is 1. The van der Waals surface area contributed by atoms with Gasteiger partial charge in [-0.25, -0.2) is 8.78 Å². The van der Waals surface area contributed by atoms with Gasteiger partial charge in [0.1, 0.15) is 28.2 Å². The zero-order valence-corrected chi connectivity index (χ0v) is 28.2. The predicted octanol–water partition coefficient (Wildman–Crippen LogP) is 5.73. The monoisotopic (exact) mass is 695 g/mol. The third kappa shape index (κ3) is 5.29. The van der Waals surface area contributed by atoms with Crippen molar-refractivity contribution >= 4 is 54.7 Å². The number of ether oxygens (including phenoxy) is 3. The van der Waals surface area contributed by atoms with Crippen molar-refractivity contribution in [1.29, 1.82) is 5.26 Å². The van der Waals surface area contributed by atoms with Gasteiger partial charge in [0, 0.05) is 61.0 Å². The number of morpholine rings is 1. The molecule has 14 heteroatoms. The lowest BCUT2D eigenvalue weighted by Crippen LogP contribution is -2.44. The maximum absolute atomic E-state index is 17.3. The number of benzene rings is 2. The normalized spacial score (nSPS) is 19.6. The van der Waals surface area contributed by atoms with Crippen molar-refractivity contribution in [3.63, 3.8) is 0 Å². The van der Waals surface area contributed by atoms with Crippen LogP contribution in [0.4, 0.5) is 19.6 Å². The molecular formula is C34H36ClF2N7O3S. The van der Waals surface area contributed by atoms with E-state index in [0.29, 0.717) is 37.5 Å². The number of nitrogens with two attached hydrogens (primary N) is 1.